The Labute approximate surface area is 132 Å². The van der Waals surface area contributed by atoms with Crippen LogP contribution in [0.5, 0.6) is 5.75 Å². The first-order chi connectivity index (χ1) is 10.6. The van der Waals surface area contributed by atoms with Crippen LogP contribution < -0.4 is 10.1 Å². The van der Waals surface area contributed by atoms with Crippen molar-refractivity contribution in [3.8, 4) is 5.75 Å². The van der Waals surface area contributed by atoms with Gasteiger partial charge in [-0.25, -0.2) is 0 Å². The summed E-state index contributed by atoms with van der Waals surface area (Å²) >= 11 is 0. The van der Waals surface area contributed by atoms with E-state index < -0.39 is 6.10 Å². The third-order valence-corrected chi connectivity index (χ3v) is 3.52. The predicted octanol–water partition coefficient (Wildman–Crippen LogP) is 3.78. The summed E-state index contributed by atoms with van der Waals surface area (Å²) in [6, 6.07) is 15.9. The highest BCUT2D eigenvalue weighted by molar-refractivity contribution is 5.81. The standard InChI is InChI=1S/C19H23NO2/c1-4-18(22-17-7-5-6-15(3)12-17)19(21)20-13-16-10-8-14(2)9-11-16/h5-12,18H,4,13H2,1-3H3,(H,20,21). The van der Waals surface area contributed by atoms with E-state index in [0.29, 0.717) is 13.0 Å². The van der Waals surface area contributed by atoms with E-state index in [0.717, 1.165) is 16.9 Å². The normalized spacial score (nSPS) is 11.8. The average Bonchev–Trinajstić information content (AvgIpc) is 2.52. The molecule has 0 bridgehead atoms. The van der Waals surface area contributed by atoms with Crippen LogP contribution in [-0.2, 0) is 11.3 Å². The van der Waals surface area contributed by atoms with Crippen molar-refractivity contribution >= 4 is 5.91 Å². The Morgan fingerprint density at radius 1 is 1.09 bits per heavy atom. The van der Waals surface area contributed by atoms with E-state index in [1.165, 1.54) is 5.56 Å². The molecule has 0 aliphatic rings. The zero-order valence-corrected chi connectivity index (χ0v) is 13.4. The first-order valence-corrected chi connectivity index (χ1v) is 7.65. The lowest BCUT2D eigenvalue weighted by molar-refractivity contribution is -0.128. The molecule has 0 spiro atoms. The van der Waals surface area contributed by atoms with E-state index in [1.54, 1.807) is 0 Å². The molecule has 0 saturated heterocycles. The molecule has 0 heterocycles. The number of ether oxygens (including phenoxy) is 1. The lowest BCUT2D eigenvalue weighted by Crippen LogP contribution is -2.37. The fourth-order valence-corrected chi connectivity index (χ4v) is 2.18. The van der Waals surface area contributed by atoms with Gasteiger partial charge in [0.25, 0.3) is 5.91 Å². The van der Waals surface area contributed by atoms with Crippen LogP contribution in [-0.4, -0.2) is 12.0 Å². The molecule has 1 atom stereocenters. The fourth-order valence-electron chi connectivity index (χ4n) is 2.18. The van der Waals surface area contributed by atoms with E-state index in [-0.39, 0.29) is 5.91 Å². The van der Waals surface area contributed by atoms with Gasteiger partial charge in [-0.3, -0.25) is 4.79 Å². The van der Waals surface area contributed by atoms with Crippen molar-refractivity contribution in [3.05, 3.63) is 65.2 Å². The molecule has 3 heteroatoms. The second kappa shape index (κ2) is 7.64. The van der Waals surface area contributed by atoms with Crippen LogP contribution in [0.2, 0.25) is 0 Å². The summed E-state index contributed by atoms with van der Waals surface area (Å²) in [5.74, 6) is 0.655. The molecule has 1 amide bonds. The van der Waals surface area contributed by atoms with Crippen LogP contribution in [0.25, 0.3) is 0 Å². The van der Waals surface area contributed by atoms with Crippen molar-refractivity contribution in [1.82, 2.24) is 5.32 Å². The van der Waals surface area contributed by atoms with Gasteiger partial charge >= 0.3 is 0 Å². The highest BCUT2D eigenvalue weighted by atomic mass is 16.5. The van der Waals surface area contributed by atoms with Crippen LogP contribution in [0.15, 0.2) is 48.5 Å². The maximum absolute atomic E-state index is 12.3. The molecule has 0 saturated carbocycles. The number of carbonyl (C=O) groups excluding carboxylic acids is 1. The molecule has 0 radical (unpaired) electrons. The first kappa shape index (κ1) is 16.1. The van der Waals surface area contributed by atoms with Crippen molar-refractivity contribution < 1.29 is 9.53 Å². The number of nitrogens with one attached hydrogen (secondary N) is 1. The second-order valence-electron chi connectivity index (χ2n) is 5.53. The molecule has 2 rings (SSSR count). The van der Waals surface area contributed by atoms with Gasteiger partial charge in [0.1, 0.15) is 5.75 Å². The number of benzene rings is 2. The van der Waals surface area contributed by atoms with E-state index in [9.17, 15) is 4.79 Å². The minimum Gasteiger partial charge on any atom is -0.481 e. The van der Waals surface area contributed by atoms with Crippen molar-refractivity contribution in [3.63, 3.8) is 0 Å². The molecule has 3 nitrogen and oxygen atoms in total. The van der Waals surface area contributed by atoms with Gasteiger partial charge in [-0.05, 0) is 43.5 Å². The fraction of sp³-hybridized carbons (Fsp3) is 0.316. The summed E-state index contributed by atoms with van der Waals surface area (Å²) in [7, 11) is 0. The smallest absolute Gasteiger partial charge is 0.261 e. The minimum absolute atomic E-state index is 0.0791. The summed E-state index contributed by atoms with van der Waals surface area (Å²) in [5.41, 5.74) is 3.42. The zero-order valence-electron chi connectivity index (χ0n) is 13.4. The molecule has 22 heavy (non-hydrogen) atoms. The molecule has 0 aliphatic heterocycles. The Morgan fingerprint density at radius 2 is 1.82 bits per heavy atom. The number of rotatable bonds is 6. The molecule has 116 valence electrons. The zero-order chi connectivity index (χ0) is 15.9. The van der Waals surface area contributed by atoms with E-state index in [1.807, 2.05) is 69.3 Å². The first-order valence-electron chi connectivity index (χ1n) is 7.65. The Kier molecular flexibility index (Phi) is 5.59. The Balaban J connectivity index is 1.92. The van der Waals surface area contributed by atoms with Gasteiger partial charge in [0.05, 0.1) is 0 Å². The van der Waals surface area contributed by atoms with E-state index in [2.05, 4.69) is 5.32 Å². The lowest BCUT2D eigenvalue weighted by atomic mass is 10.1. The number of carbonyl (C=O) groups is 1. The van der Waals surface area contributed by atoms with Crippen LogP contribution in [0.4, 0.5) is 0 Å². The van der Waals surface area contributed by atoms with E-state index in [4.69, 9.17) is 4.74 Å². The van der Waals surface area contributed by atoms with Gasteiger partial charge in [0.15, 0.2) is 6.10 Å². The maximum Gasteiger partial charge on any atom is 0.261 e. The van der Waals surface area contributed by atoms with Crippen LogP contribution in [0.1, 0.15) is 30.0 Å². The van der Waals surface area contributed by atoms with Gasteiger partial charge in [-0.1, -0.05) is 48.9 Å². The summed E-state index contributed by atoms with van der Waals surface area (Å²) in [6.07, 6.45) is 0.167. The van der Waals surface area contributed by atoms with E-state index >= 15 is 0 Å². The molecule has 1 N–H and O–H groups in total. The third kappa shape index (κ3) is 4.62. The molecule has 0 aliphatic carbocycles. The molecular formula is C19H23NO2. The molecule has 0 aromatic heterocycles. The largest absolute Gasteiger partial charge is 0.481 e. The summed E-state index contributed by atoms with van der Waals surface area (Å²) in [6.45, 7) is 6.52. The van der Waals surface area contributed by atoms with Crippen molar-refractivity contribution in [2.24, 2.45) is 0 Å². The Morgan fingerprint density at radius 3 is 2.45 bits per heavy atom. The van der Waals surface area contributed by atoms with Gasteiger partial charge in [-0.15, -0.1) is 0 Å². The van der Waals surface area contributed by atoms with Crippen molar-refractivity contribution in [1.29, 1.82) is 0 Å². The van der Waals surface area contributed by atoms with Crippen molar-refractivity contribution in [2.45, 2.75) is 39.8 Å². The Bertz CT molecular complexity index is 620. The summed E-state index contributed by atoms with van der Waals surface area (Å²) in [5, 5.41) is 2.94. The topological polar surface area (TPSA) is 38.3 Å². The maximum atomic E-state index is 12.3. The predicted molar refractivity (Wildman–Crippen MR) is 88.9 cm³/mol. The van der Waals surface area contributed by atoms with Crippen LogP contribution in [0, 0.1) is 13.8 Å². The third-order valence-electron chi connectivity index (χ3n) is 3.52. The number of hydrogen-bond acceptors (Lipinski definition) is 2. The second-order valence-corrected chi connectivity index (χ2v) is 5.53. The molecule has 2 aromatic carbocycles. The van der Waals surface area contributed by atoms with Gasteiger partial charge in [0, 0.05) is 6.54 Å². The SMILES string of the molecule is CCC(Oc1cccc(C)c1)C(=O)NCc1ccc(C)cc1. The Hall–Kier alpha value is -2.29. The molecular weight excluding hydrogens is 274 g/mol. The minimum atomic E-state index is -0.466. The molecule has 2 aromatic rings. The monoisotopic (exact) mass is 297 g/mol. The van der Waals surface area contributed by atoms with Gasteiger partial charge in [0.2, 0.25) is 0 Å². The number of hydrogen-bond donors (Lipinski definition) is 1. The summed E-state index contributed by atoms with van der Waals surface area (Å²) < 4.78 is 5.80. The number of amides is 1. The summed E-state index contributed by atoms with van der Waals surface area (Å²) in [4.78, 5) is 12.3. The average molecular weight is 297 g/mol. The van der Waals surface area contributed by atoms with Gasteiger partial charge in [-0.2, -0.15) is 0 Å². The quantitative estimate of drug-likeness (QED) is 0.881. The molecule has 1 unspecified atom stereocenters. The number of aryl methyl sites for hydroxylation is 2. The lowest BCUT2D eigenvalue weighted by Gasteiger charge is -2.17. The highest BCUT2D eigenvalue weighted by Crippen LogP contribution is 2.15. The van der Waals surface area contributed by atoms with Crippen molar-refractivity contribution in [2.75, 3.05) is 0 Å². The van der Waals surface area contributed by atoms with Gasteiger partial charge < -0.3 is 10.1 Å². The van der Waals surface area contributed by atoms with Crippen LogP contribution >= 0.6 is 0 Å². The molecule has 0 fully saturated rings. The highest BCUT2D eigenvalue weighted by Gasteiger charge is 2.17. The van der Waals surface area contributed by atoms with Crippen LogP contribution in [0.3, 0.4) is 0 Å².